The first-order valence-electron chi connectivity index (χ1n) is 15.7. The van der Waals surface area contributed by atoms with Crippen molar-refractivity contribution in [2.75, 3.05) is 36.5 Å². The third-order valence-electron chi connectivity index (χ3n) is 8.23. The highest BCUT2D eigenvalue weighted by Crippen LogP contribution is 2.33. The summed E-state index contributed by atoms with van der Waals surface area (Å²) in [5.41, 5.74) is 7.71. The fourth-order valence-electron chi connectivity index (χ4n) is 5.54. The molecule has 1 aliphatic heterocycles. The topological polar surface area (TPSA) is 90.9 Å². The molecule has 1 aliphatic rings. The molecule has 1 fully saturated rings. The van der Waals surface area contributed by atoms with E-state index in [1.165, 1.54) is 0 Å². The monoisotopic (exact) mass is 643 g/mol. The Hall–Kier alpha value is -4.89. The number of ether oxygens (including phenoxy) is 1. The van der Waals surface area contributed by atoms with Gasteiger partial charge in [0.15, 0.2) is 0 Å². The van der Waals surface area contributed by atoms with E-state index in [2.05, 4.69) is 15.5 Å². The number of aryl methyl sites for hydroxylation is 1. The lowest BCUT2D eigenvalue weighted by Gasteiger charge is -2.28. The summed E-state index contributed by atoms with van der Waals surface area (Å²) in [7, 11) is 0. The zero-order valence-electron chi connectivity index (χ0n) is 26.2. The van der Waals surface area contributed by atoms with Crippen LogP contribution < -0.4 is 15.5 Å². The number of carbonyl (C=O) groups is 2. The average Bonchev–Trinajstić information content (AvgIpc) is 3.12. The van der Waals surface area contributed by atoms with Crippen LogP contribution in [0.3, 0.4) is 0 Å². The van der Waals surface area contributed by atoms with Crippen LogP contribution in [-0.2, 0) is 17.9 Å². The van der Waals surface area contributed by atoms with Gasteiger partial charge in [0.05, 0.1) is 19.8 Å². The van der Waals surface area contributed by atoms with Crippen LogP contribution in [0.15, 0.2) is 125 Å². The number of aliphatic hydroxyl groups is 1. The number of morpholine rings is 1. The van der Waals surface area contributed by atoms with E-state index < -0.39 is 0 Å². The van der Waals surface area contributed by atoms with E-state index in [0.717, 1.165) is 75.3 Å². The molecule has 0 saturated carbocycles. The Labute approximate surface area is 279 Å². The Balaban J connectivity index is 1.09. The molecule has 2 amide bonds. The van der Waals surface area contributed by atoms with E-state index >= 15 is 0 Å². The average molecular weight is 644 g/mol. The highest BCUT2D eigenvalue weighted by Gasteiger charge is 2.14. The van der Waals surface area contributed by atoms with Crippen LogP contribution in [0, 0.1) is 6.92 Å². The fourth-order valence-corrected chi connectivity index (χ4v) is 6.60. The maximum Gasteiger partial charge on any atom is 0.255 e. The Bertz CT molecular complexity index is 1850. The summed E-state index contributed by atoms with van der Waals surface area (Å²) in [4.78, 5) is 30.6. The molecule has 238 valence electrons. The first kappa shape index (κ1) is 32.1. The highest BCUT2D eigenvalue weighted by molar-refractivity contribution is 7.99. The molecule has 0 atom stereocenters. The molecular formula is C39H37N3O4S. The minimum atomic E-state index is -0.181. The summed E-state index contributed by atoms with van der Waals surface area (Å²) in [6, 6.07) is 36.7. The Morgan fingerprint density at radius 2 is 1.40 bits per heavy atom. The molecule has 6 rings (SSSR count). The maximum absolute atomic E-state index is 13.2. The molecule has 7 nitrogen and oxygen atoms in total. The van der Waals surface area contributed by atoms with Crippen molar-refractivity contribution >= 4 is 35.0 Å². The molecule has 0 aliphatic carbocycles. The van der Waals surface area contributed by atoms with Gasteiger partial charge in [-0.15, -0.1) is 0 Å². The first-order chi connectivity index (χ1) is 23.0. The summed E-state index contributed by atoms with van der Waals surface area (Å²) < 4.78 is 5.44. The van der Waals surface area contributed by atoms with Gasteiger partial charge < -0.3 is 25.4 Å². The number of hydrogen-bond acceptors (Lipinski definition) is 6. The minimum absolute atomic E-state index is 0.0282. The van der Waals surface area contributed by atoms with Gasteiger partial charge in [0.2, 0.25) is 0 Å². The van der Waals surface area contributed by atoms with Gasteiger partial charge in [-0.05, 0) is 95.4 Å². The van der Waals surface area contributed by atoms with Crippen LogP contribution in [0.2, 0.25) is 0 Å². The number of aliphatic hydroxyl groups excluding tert-OH is 1. The molecule has 5 aromatic carbocycles. The summed E-state index contributed by atoms with van der Waals surface area (Å²) in [6.45, 7) is 5.52. The molecule has 0 unspecified atom stereocenters. The number of hydrogen-bond donors (Lipinski definition) is 3. The third-order valence-corrected chi connectivity index (χ3v) is 9.47. The summed E-state index contributed by atoms with van der Waals surface area (Å²) in [6.07, 6.45) is 0. The molecule has 1 saturated heterocycles. The molecule has 1 heterocycles. The molecule has 5 aromatic rings. The fraction of sp³-hybridized carbons (Fsp3) is 0.179. The molecule has 0 aromatic heterocycles. The van der Waals surface area contributed by atoms with Gasteiger partial charge >= 0.3 is 0 Å². The van der Waals surface area contributed by atoms with E-state index in [4.69, 9.17) is 4.74 Å². The molecule has 47 heavy (non-hydrogen) atoms. The van der Waals surface area contributed by atoms with Crippen molar-refractivity contribution in [1.29, 1.82) is 0 Å². The van der Waals surface area contributed by atoms with E-state index in [1.807, 2.05) is 122 Å². The Morgan fingerprint density at radius 3 is 2.11 bits per heavy atom. The summed E-state index contributed by atoms with van der Waals surface area (Å²) in [5.74, 6) is -0.351. The van der Waals surface area contributed by atoms with Gasteiger partial charge in [0.1, 0.15) is 0 Å². The number of rotatable bonds is 10. The van der Waals surface area contributed by atoms with E-state index in [0.29, 0.717) is 17.7 Å². The van der Waals surface area contributed by atoms with Crippen molar-refractivity contribution in [2.45, 2.75) is 29.9 Å². The highest BCUT2D eigenvalue weighted by atomic mass is 32.2. The predicted octanol–water partition coefficient (Wildman–Crippen LogP) is 7.32. The second-order valence-corrected chi connectivity index (χ2v) is 12.4. The smallest absolute Gasteiger partial charge is 0.255 e. The lowest BCUT2D eigenvalue weighted by molar-refractivity contribution is 0.0949. The SMILES string of the molecule is Cc1ccc(C(=O)Nc2ccc(N3CCOCC3)cc2)cc1-c1ccc(C(=O)NCc2ccccc2Sc2ccccc2CO)cc1. The minimum Gasteiger partial charge on any atom is -0.392 e. The van der Waals surface area contributed by atoms with Crippen molar-refractivity contribution in [3.05, 3.63) is 143 Å². The van der Waals surface area contributed by atoms with E-state index in [9.17, 15) is 14.7 Å². The molecule has 0 spiro atoms. The normalized spacial score (nSPS) is 12.9. The van der Waals surface area contributed by atoms with Gasteiger partial charge in [-0.1, -0.05) is 66.4 Å². The van der Waals surface area contributed by atoms with Gasteiger partial charge in [0, 0.05) is 51.9 Å². The first-order valence-corrected chi connectivity index (χ1v) is 16.5. The third kappa shape index (κ3) is 7.92. The number of anilines is 2. The van der Waals surface area contributed by atoms with Crippen molar-refractivity contribution in [3.8, 4) is 11.1 Å². The number of nitrogens with zero attached hydrogens (tertiary/aromatic N) is 1. The number of benzene rings is 5. The van der Waals surface area contributed by atoms with Gasteiger partial charge in [-0.25, -0.2) is 0 Å². The Morgan fingerprint density at radius 1 is 0.766 bits per heavy atom. The largest absolute Gasteiger partial charge is 0.392 e. The molecule has 0 radical (unpaired) electrons. The lowest BCUT2D eigenvalue weighted by atomic mass is 9.97. The van der Waals surface area contributed by atoms with Gasteiger partial charge in [-0.2, -0.15) is 0 Å². The maximum atomic E-state index is 13.2. The van der Waals surface area contributed by atoms with Crippen LogP contribution in [0.5, 0.6) is 0 Å². The zero-order valence-corrected chi connectivity index (χ0v) is 27.1. The second kappa shape index (κ2) is 15.1. The van der Waals surface area contributed by atoms with Crippen LogP contribution >= 0.6 is 11.8 Å². The molecular weight excluding hydrogens is 607 g/mol. The van der Waals surface area contributed by atoms with Crippen molar-refractivity contribution in [3.63, 3.8) is 0 Å². The number of nitrogens with one attached hydrogen (secondary N) is 2. The van der Waals surface area contributed by atoms with E-state index in [1.54, 1.807) is 11.8 Å². The lowest BCUT2D eigenvalue weighted by Crippen LogP contribution is -2.36. The quantitative estimate of drug-likeness (QED) is 0.148. The molecule has 8 heteroatoms. The van der Waals surface area contributed by atoms with Crippen molar-refractivity contribution < 1.29 is 19.4 Å². The van der Waals surface area contributed by atoms with Crippen molar-refractivity contribution in [1.82, 2.24) is 5.32 Å². The van der Waals surface area contributed by atoms with E-state index in [-0.39, 0.29) is 18.4 Å². The van der Waals surface area contributed by atoms with Crippen LogP contribution in [-0.4, -0.2) is 43.2 Å². The Kier molecular flexibility index (Phi) is 10.3. The van der Waals surface area contributed by atoms with Crippen LogP contribution in [0.4, 0.5) is 11.4 Å². The second-order valence-electron chi connectivity index (χ2n) is 11.4. The van der Waals surface area contributed by atoms with Gasteiger partial charge in [-0.3, -0.25) is 9.59 Å². The zero-order chi connectivity index (χ0) is 32.6. The number of carbonyl (C=O) groups excluding carboxylic acids is 2. The number of amides is 2. The van der Waals surface area contributed by atoms with Gasteiger partial charge in [0.25, 0.3) is 11.8 Å². The van der Waals surface area contributed by atoms with Crippen molar-refractivity contribution in [2.24, 2.45) is 0 Å². The molecule has 0 bridgehead atoms. The standard InChI is InChI=1S/C39H37N3O4S/c1-27-10-11-30(39(45)41-33-16-18-34(19-17-33)42-20-22-46-23-21-42)24-35(27)28-12-14-29(15-13-28)38(44)40-25-31-6-2-4-8-36(31)47-37-9-5-3-7-32(37)26-43/h2-19,24,43H,20-23,25-26H2,1H3,(H,40,44)(H,41,45). The molecule has 3 N–H and O–H groups in total. The predicted molar refractivity (Wildman–Crippen MR) is 188 cm³/mol. The summed E-state index contributed by atoms with van der Waals surface area (Å²) in [5, 5.41) is 15.8. The summed E-state index contributed by atoms with van der Waals surface area (Å²) >= 11 is 1.58. The van der Waals surface area contributed by atoms with Crippen LogP contribution in [0.1, 0.15) is 37.4 Å². The van der Waals surface area contributed by atoms with Crippen LogP contribution in [0.25, 0.3) is 11.1 Å².